The average molecular weight is 298 g/mol. The molecule has 0 spiro atoms. The molecule has 0 radical (unpaired) electrons. The SMILES string of the molecule is CCCCOC(=O)CS(=O)Cc1cccc(C(=O)O)c1. The van der Waals surface area contributed by atoms with Crippen molar-refractivity contribution in [3.05, 3.63) is 35.4 Å². The molecule has 1 unspecified atom stereocenters. The Bertz CT molecular complexity index is 498. The Morgan fingerprint density at radius 1 is 1.35 bits per heavy atom. The van der Waals surface area contributed by atoms with E-state index >= 15 is 0 Å². The smallest absolute Gasteiger partial charge is 0.335 e. The minimum absolute atomic E-state index is 0.143. The summed E-state index contributed by atoms with van der Waals surface area (Å²) in [7, 11) is -1.40. The van der Waals surface area contributed by atoms with E-state index in [4.69, 9.17) is 9.84 Å². The number of aromatic carboxylic acids is 1. The van der Waals surface area contributed by atoms with Gasteiger partial charge in [0.2, 0.25) is 0 Å². The highest BCUT2D eigenvalue weighted by Gasteiger charge is 2.11. The molecule has 1 atom stereocenters. The van der Waals surface area contributed by atoms with Gasteiger partial charge in [0.15, 0.2) is 0 Å². The first-order valence-electron chi connectivity index (χ1n) is 6.35. The van der Waals surface area contributed by atoms with E-state index in [1.54, 1.807) is 12.1 Å². The Kier molecular flexibility index (Phi) is 6.93. The largest absolute Gasteiger partial charge is 0.478 e. The molecule has 0 aliphatic rings. The van der Waals surface area contributed by atoms with E-state index in [1.165, 1.54) is 12.1 Å². The summed E-state index contributed by atoms with van der Waals surface area (Å²) in [5, 5.41) is 8.86. The van der Waals surface area contributed by atoms with Gasteiger partial charge >= 0.3 is 11.9 Å². The van der Waals surface area contributed by atoms with Crippen molar-refractivity contribution in [1.29, 1.82) is 0 Å². The molecule has 1 aromatic rings. The number of carbonyl (C=O) groups is 2. The Balaban J connectivity index is 2.48. The van der Waals surface area contributed by atoms with Gasteiger partial charge in [0.05, 0.1) is 12.2 Å². The van der Waals surface area contributed by atoms with Crippen LogP contribution >= 0.6 is 0 Å². The Hall–Kier alpha value is -1.69. The van der Waals surface area contributed by atoms with Gasteiger partial charge in [-0.1, -0.05) is 25.5 Å². The first-order valence-corrected chi connectivity index (χ1v) is 7.84. The molecule has 0 aromatic heterocycles. The lowest BCUT2D eigenvalue weighted by molar-refractivity contribution is -0.140. The minimum atomic E-state index is -1.40. The fourth-order valence-electron chi connectivity index (χ4n) is 1.53. The predicted molar refractivity (Wildman–Crippen MR) is 76.0 cm³/mol. The lowest BCUT2D eigenvalue weighted by Gasteiger charge is -2.05. The first-order chi connectivity index (χ1) is 9.52. The van der Waals surface area contributed by atoms with Crippen LogP contribution in [0.5, 0.6) is 0 Å². The second kappa shape index (κ2) is 8.47. The van der Waals surface area contributed by atoms with Crippen LogP contribution in [0.15, 0.2) is 24.3 Å². The Labute approximate surface area is 120 Å². The summed E-state index contributed by atoms with van der Waals surface area (Å²) >= 11 is 0. The zero-order chi connectivity index (χ0) is 15.0. The molecular weight excluding hydrogens is 280 g/mol. The summed E-state index contributed by atoms with van der Waals surface area (Å²) in [6.45, 7) is 2.34. The van der Waals surface area contributed by atoms with Crippen LogP contribution in [-0.4, -0.2) is 33.6 Å². The molecule has 0 aliphatic carbocycles. The molecule has 0 saturated carbocycles. The number of hydrogen-bond acceptors (Lipinski definition) is 4. The second-order valence-electron chi connectivity index (χ2n) is 4.31. The van der Waals surface area contributed by atoms with E-state index in [0.29, 0.717) is 12.2 Å². The van der Waals surface area contributed by atoms with Gasteiger partial charge in [-0.3, -0.25) is 9.00 Å². The van der Waals surface area contributed by atoms with Crippen LogP contribution in [0.3, 0.4) is 0 Å². The van der Waals surface area contributed by atoms with Crippen LogP contribution in [0, 0.1) is 0 Å². The van der Waals surface area contributed by atoms with Crippen molar-refractivity contribution >= 4 is 22.7 Å². The van der Waals surface area contributed by atoms with Crippen molar-refractivity contribution in [3.8, 4) is 0 Å². The molecule has 0 aliphatic heterocycles. The Morgan fingerprint density at radius 3 is 2.75 bits per heavy atom. The molecule has 0 saturated heterocycles. The van der Waals surface area contributed by atoms with Gasteiger partial charge in [0.25, 0.3) is 0 Å². The summed E-state index contributed by atoms with van der Waals surface area (Å²) in [6.07, 6.45) is 1.72. The lowest BCUT2D eigenvalue weighted by atomic mass is 10.1. The summed E-state index contributed by atoms with van der Waals surface area (Å²) < 4.78 is 16.7. The number of esters is 1. The van der Waals surface area contributed by atoms with Gasteiger partial charge in [0, 0.05) is 16.6 Å². The number of carboxylic acids is 1. The highest BCUT2D eigenvalue weighted by Crippen LogP contribution is 2.08. The van der Waals surface area contributed by atoms with Crippen LogP contribution in [0.25, 0.3) is 0 Å². The number of ether oxygens (including phenoxy) is 1. The lowest BCUT2D eigenvalue weighted by Crippen LogP contribution is -2.16. The molecule has 1 N–H and O–H groups in total. The van der Waals surface area contributed by atoms with E-state index < -0.39 is 22.7 Å². The molecule has 1 rings (SSSR count). The summed E-state index contributed by atoms with van der Waals surface area (Å²) in [4.78, 5) is 22.2. The predicted octanol–water partition coefficient (Wildman–Crippen LogP) is 1.98. The van der Waals surface area contributed by atoms with Crippen LogP contribution in [0.1, 0.15) is 35.7 Å². The molecule has 6 heteroatoms. The standard InChI is InChI=1S/C14H18O5S/c1-2-3-7-19-13(15)10-20(18)9-11-5-4-6-12(8-11)14(16)17/h4-6,8H,2-3,7,9-10H2,1H3,(H,16,17). The van der Waals surface area contributed by atoms with Gasteiger partial charge in [-0.2, -0.15) is 0 Å². The molecule has 1 aromatic carbocycles. The summed E-state index contributed by atoms with van der Waals surface area (Å²) in [5.74, 6) is -1.53. The van der Waals surface area contributed by atoms with Gasteiger partial charge in [-0.25, -0.2) is 4.79 Å². The third kappa shape index (κ3) is 5.97. The van der Waals surface area contributed by atoms with E-state index in [0.717, 1.165) is 12.8 Å². The molecule has 5 nitrogen and oxygen atoms in total. The summed E-state index contributed by atoms with van der Waals surface area (Å²) in [6, 6.07) is 6.21. The van der Waals surface area contributed by atoms with E-state index in [1.807, 2.05) is 6.92 Å². The fourth-order valence-corrected chi connectivity index (χ4v) is 2.53. The van der Waals surface area contributed by atoms with Crippen LogP contribution in [-0.2, 0) is 26.1 Å². The van der Waals surface area contributed by atoms with Crippen molar-refractivity contribution in [1.82, 2.24) is 0 Å². The number of benzene rings is 1. The van der Waals surface area contributed by atoms with Crippen molar-refractivity contribution in [2.75, 3.05) is 12.4 Å². The zero-order valence-electron chi connectivity index (χ0n) is 11.3. The number of carbonyl (C=O) groups excluding carboxylic acids is 1. The molecule has 0 amide bonds. The first kappa shape index (κ1) is 16.4. The molecule has 0 bridgehead atoms. The molecule has 20 heavy (non-hydrogen) atoms. The number of carboxylic acid groups (broad SMARTS) is 1. The normalized spacial score (nSPS) is 11.8. The van der Waals surface area contributed by atoms with Crippen molar-refractivity contribution in [3.63, 3.8) is 0 Å². The van der Waals surface area contributed by atoms with Crippen molar-refractivity contribution in [2.45, 2.75) is 25.5 Å². The minimum Gasteiger partial charge on any atom is -0.478 e. The molecular formula is C14H18O5S. The zero-order valence-corrected chi connectivity index (χ0v) is 12.1. The van der Waals surface area contributed by atoms with Crippen molar-refractivity contribution < 1.29 is 23.6 Å². The molecule has 110 valence electrons. The number of hydrogen-bond donors (Lipinski definition) is 1. The van der Waals surface area contributed by atoms with Gasteiger partial charge < -0.3 is 9.84 Å². The Morgan fingerprint density at radius 2 is 2.10 bits per heavy atom. The van der Waals surface area contributed by atoms with Crippen LogP contribution in [0.2, 0.25) is 0 Å². The number of unbranched alkanes of at least 4 members (excludes halogenated alkanes) is 1. The average Bonchev–Trinajstić information content (AvgIpc) is 2.39. The second-order valence-corrected chi connectivity index (χ2v) is 5.77. The third-order valence-electron chi connectivity index (χ3n) is 2.54. The molecule has 0 fully saturated rings. The van der Waals surface area contributed by atoms with Gasteiger partial charge in [0.1, 0.15) is 5.75 Å². The maximum atomic E-state index is 11.8. The topological polar surface area (TPSA) is 80.7 Å². The van der Waals surface area contributed by atoms with E-state index in [9.17, 15) is 13.8 Å². The van der Waals surface area contributed by atoms with Crippen molar-refractivity contribution in [2.24, 2.45) is 0 Å². The maximum absolute atomic E-state index is 11.8. The van der Waals surface area contributed by atoms with Crippen LogP contribution < -0.4 is 0 Å². The van der Waals surface area contributed by atoms with E-state index in [-0.39, 0.29) is 17.1 Å². The van der Waals surface area contributed by atoms with Gasteiger partial charge in [-0.15, -0.1) is 0 Å². The van der Waals surface area contributed by atoms with E-state index in [2.05, 4.69) is 0 Å². The highest BCUT2D eigenvalue weighted by atomic mass is 32.2. The molecule has 0 heterocycles. The third-order valence-corrected chi connectivity index (χ3v) is 3.75. The van der Waals surface area contributed by atoms with Gasteiger partial charge in [-0.05, 0) is 24.1 Å². The number of rotatable bonds is 8. The fraction of sp³-hybridized carbons (Fsp3) is 0.429. The quantitative estimate of drug-likeness (QED) is 0.586. The monoisotopic (exact) mass is 298 g/mol. The summed E-state index contributed by atoms with van der Waals surface area (Å²) in [5.41, 5.74) is 0.773. The maximum Gasteiger partial charge on any atom is 0.335 e. The highest BCUT2D eigenvalue weighted by molar-refractivity contribution is 7.84. The van der Waals surface area contributed by atoms with Crippen LogP contribution in [0.4, 0.5) is 0 Å².